The quantitative estimate of drug-likeness (QED) is 0.730. The van der Waals surface area contributed by atoms with Crippen LogP contribution >= 0.6 is 0 Å². The molecule has 0 radical (unpaired) electrons. The molecule has 0 spiro atoms. The van der Waals surface area contributed by atoms with Crippen molar-refractivity contribution in [2.75, 3.05) is 7.11 Å². The second-order valence-electron chi connectivity index (χ2n) is 3.66. The number of benzene rings is 1. The molecule has 0 saturated heterocycles. The number of carbonyl (C=O) groups excluding carboxylic acids is 1. The number of hydrogen-bond donors (Lipinski definition) is 2. The number of aliphatic hydroxyl groups excluding tert-OH is 1. The molecule has 2 rings (SSSR count). The number of ketones is 1. The molecule has 1 atom stereocenters. The van der Waals surface area contributed by atoms with Crippen LogP contribution in [0.25, 0.3) is 0 Å². The fraction of sp³-hybridized carbons (Fsp3) is 0.364. The van der Waals surface area contributed by atoms with E-state index in [1.54, 1.807) is 6.92 Å². The molecular formula is C11H12O4. The van der Waals surface area contributed by atoms with Gasteiger partial charge in [-0.1, -0.05) is 0 Å². The van der Waals surface area contributed by atoms with Crippen molar-refractivity contribution in [3.63, 3.8) is 0 Å². The molecular weight excluding hydrogens is 196 g/mol. The first-order valence-corrected chi connectivity index (χ1v) is 4.68. The molecule has 1 aromatic carbocycles. The van der Waals surface area contributed by atoms with Gasteiger partial charge in [-0.05, 0) is 13.0 Å². The van der Waals surface area contributed by atoms with Gasteiger partial charge >= 0.3 is 0 Å². The van der Waals surface area contributed by atoms with Crippen LogP contribution in [-0.4, -0.2) is 23.1 Å². The highest BCUT2D eigenvalue weighted by Crippen LogP contribution is 2.43. The lowest BCUT2D eigenvalue weighted by Crippen LogP contribution is -1.99. The number of phenolic OH excluding ortho intramolecular Hbond substituents is 1. The molecule has 0 amide bonds. The van der Waals surface area contributed by atoms with Gasteiger partial charge in [0.2, 0.25) is 0 Å². The molecule has 15 heavy (non-hydrogen) atoms. The summed E-state index contributed by atoms with van der Waals surface area (Å²) in [5, 5.41) is 19.3. The fourth-order valence-corrected chi connectivity index (χ4v) is 1.98. The zero-order valence-corrected chi connectivity index (χ0v) is 8.57. The van der Waals surface area contributed by atoms with Gasteiger partial charge in [-0.3, -0.25) is 4.79 Å². The fourth-order valence-electron chi connectivity index (χ4n) is 1.98. The van der Waals surface area contributed by atoms with Gasteiger partial charge in [0.15, 0.2) is 5.78 Å². The predicted molar refractivity (Wildman–Crippen MR) is 53.3 cm³/mol. The van der Waals surface area contributed by atoms with E-state index in [0.717, 1.165) is 0 Å². The number of phenols is 1. The average Bonchev–Trinajstić information content (AvgIpc) is 2.45. The van der Waals surface area contributed by atoms with Gasteiger partial charge in [0.05, 0.1) is 13.2 Å². The third-order valence-electron chi connectivity index (χ3n) is 2.76. The van der Waals surface area contributed by atoms with Gasteiger partial charge in [-0.25, -0.2) is 0 Å². The van der Waals surface area contributed by atoms with Crippen LogP contribution in [0.1, 0.15) is 34.0 Å². The van der Waals surface area contributed by atoms with E-state index in [0.29, 0.717) is 22.4 Å². The first-order chi connectivity index (χ1) is 7.06. The van der Waals surface area contributed by atoms with Crippen LogP contribution in [0.15, 0.2) is 6.07 Å². The van der Waals surface area contributed by atoms with Crippen LogP contribution in [0.3, 0.4) is 0 Å². The van der Waals surface area contributed by atoms with Crippen LogP contribution < -0.4 is 4.74 Å². The Morgan fingerprint density at radius 3 is 2.80 bits per heavy atom. The van der Waals surface area contributed by atoms with Gasteiger partial charge in [-0.15, -0.1) is 0 Å². The predicted octanol–water partition coefficient (Wildman–Crippen LogP) is 1.33. The molecule has 0 bridgehead atoms. The Bertz CT molecular complexity index is 437. The van der Waals surface area contributed by atoms with Gasteiger partial charge < -0.3 is 14.9 Å². The highest BCUT2D eigenvalue weighted by atomic mass is 16.5. The number of carbonyl (C=O) groups is 1. The number of aliphatic hydroxyl groups is 1. The van der Waals surface area contributed by atoms with E-state index >= 15 is 0 Å². The molecule has 0 aromatic heterocycles. The van der Waals surface area contributed by atoms with Crippen molar-refractivity contribution in [2.24, 2.45) is 0 Å². The Kier molecular flexibility index (Phi) is 2.16. The Morgan fingerprint density at radius 1 is 1.53 bits per heavy atom. The molecule has 4 nitrogen and oxygen atoms in total. The summed E-state index contributed by atoms with van der Waals surface area (Å²) in [7, 11) is 1.46. The lowest BCUT2D eigenvalue weighted by molar-refractivity contribution is 0.0929. The van der Waals surface area contributed by atoms with Crippen molar-refractivity contribution < 1.29 is 19.7 Å². The van der Waals surface area contributed by atoms with Crippen LogP contribution in [0.5, 0.6) is 11.5 Å². The van der Waals surface area contributed by atoms with E-state index in [1.165, 1.54) is 13.2 Å². The zero-order valence-electron chi connectivity index (χ0n) is 8.57. The summed E-state index contributed by atoms with van der Waals surface area (Å²) < 4.78 is 5.12. The third kappa shape index (κ3) is 1.29. The van der Waals surface area contributed by atoms with E-state index in [-0.39, 0.29) is 18.0 Å². The zero-order chi connectivity index (χ0) is 11.2. The highest BCUT2D eigenvalue weighted by Gasteiger charge is 2.33. The summed E-state index contributed by atoms with van der Waals surface area (Å²) in [4.78, 5) is 11.5. The molecule has 80 valence electrons. The van der Waals surface area contributed by atoms with Crippen molar-refractivity contribution in [1.29, 1.82) is 0 Å². The van der Waals surface area contributed by atoms with Crippen LogP contribution in [-0.2, 0) is 0 Å². The molecule has 1 aromatic rings. The topological polar surface area (TPSA) is 66.8 Å². The summed E-state index contributed by atoms with van der Waals surface area (Å²) in [6.45, 7) is 1.68. The standard InChI is InChI=1S/C11H12O4/c1-5-7(12)3-6-8(13)4-9(14)10(6)11(5)15-2/h3,9,12,14H,4H2,1-2H3/t9-/m0/s1. The lowest BCUT2D eigenvalue weighted by Gasteiger charge is -2.13. The maximum atomic E-state index is 11.5. The van der Waals surface area contributed by atoms with Crippen molar-refractivity contribution >= 4 is 5.78 Å². The molecule has 1 aliphatic rings. The summed E-state index contributed by atoms with van der Waals surface area (Å²) in [5.74, 6) is 0.266. The number of fused-ring (bicyclic) bond motifs is 1. The molecule has 0 aliphatic heterocycles. The minimum absolute atomic E-state index is 0.0213. The van der Waals surface area contributed by atoms with Crippen LogP contribution in [0, 0.1) is 6.92 Å². The van der Waals surface area contributed by atoms with E-state index in [9.17, 15) is 15.0 Å². The van der Waals surface area contributed by atoms with Crippen molar-refractivity contribution in [3.8, 4) is 11.5 Å². The minimum Gasteiger partial charge on any atom is -0.508 e. The largest absolute Gasteiger partial charge is 0.508 e. The molecule has 4 heteroatoms. The molecule has 0 heterocycles. The Morgan fingerprint density at radius 2 is 2.20 bits per heavy atom. The van der Waals surface area contributed by atoms with E-state index < -0.39 is 6.10 Å². The minimum atomic E-state index is -0.818. The number of aromatic hydroxyl groups is 1. The van der Waals surface area contributed by atoms with Crippen molar-refractivity contribution in [1.82, 2.24) is 0 Å². The summed E-state index contributed by atoms with van der Waals surface area (Å²) in [5.41, 5.74) is 1.41. The monoisotopic (exact) mass is 208 g/mol. The van der Waals surface area contributed by atoms with Gasteiger partial charge in [0, 0.05) is 23.1 Å². The number of methoxy groups -OCH3 is 1. The number of ether oxygens (including phenoxy) is 1. The normalized spacial score (nSPS) is 19.1. The number of Topliss-reactive ketones (excluding diaryl/α,β-unsaturated/α-hetero) is 1. The second-order valence-corrected chi connectivity index (χ2v) is 3.66. The molecule has 0 fully saturated rings. The maximum absolute atomic E-state index is 11.5. The first kappa shape index (κ1) is 9.98. The van der Waals surface area contributed by atoms with E-state index in [2.05, 4.69) is 0 Å². The molecule has 0 unspecified atom stereocenters. The van der Waals surface area contributed by atoms with Crippen LogP contribution in [0.4, 0.5) is 0 Å². The molecule has 2 N–H and O–H groups in total. The summed E-state index contributed by atoms with van der Waals surface area (Å²) >= 11 is 0. The smallest absolute Gasteiger partial charge is 0.166 e. The van der Waals surface area contributed by atoms with Gasteiger partial charge in [0.1, 0.15) is 11.5 Å². The highest BCUT2D eigenvalue weighted by molar-refractivity contribution is 6.02. The summed E-state index contributed by atoms with van der Waals surface area (Å²) in [6, 6.07) is 1.39. The number of rotatable bonds is 1. The second kappa shape index (κ2) is 3.24. The van der Waals surface area contributed by atoms with E-state index in [1.807, 2.05) is 0 Å². The van der Waals surface area contributed by atoms with Gasteiger partial charge in [-0.2, -0.15) is 0 Å². The Labute approximate surface area is 87.1 Å². The van der Waals surface area contributed by atoms with E-state index in [4.69, 9.17) is 4.74 Å². The van der Waals surface area contributed by atoms with Gasteiger partial charge in [0.25, 0.3) is 0 Å². The lowest BCUT2D eigenvalue weighted by atomic mass is 10.0. The Balaban J connectivity index is 2.75. The Hall–Kier alpha value is -1.55. The van der Waals surface area contributed by atoms with Crippen molar-refractivity contribution in [2.45, 2.75) is 19.4 Å². The van der Waals surface area contributed by atoms with Crippen molar-refractivity contribution in [3.05, 3.63) is 22.8 Å². The first-order valence-electron chi connectivity index (χ1n) is 4.68. The molecule has 1 aliphatic carbocycles. The van der Waals surface area contributed by atoms with Crippen LogP contribution in [0.2, 0.25) is 0 Å². The number of hydrogen-bond acceptors (Lipinski definition) is 4. The third-order valence-corrected chi connectivity index (χ3v) is 2.76. The average molecular weight is 208 g/mol. The summed E-state index contributed by atoms with van der Waals surface area (Å²) in [6.07, 6.45) is -0.754. The molecule has 0 saturated carbocycles. The maximum Gasteiger partial charge on any atom is 0.166 e. The SMILES string of the molecule is COc1c(C)c(O)cc2c1[C@@H](O)CC2=O.